The molecule has 0 aliphatic carbocycles. The van der Waals surface area contributed by atoms with Gasteiger partial charge in [-0.15, -0.1) is 0 Å². The Kier molecular flexibility index (Phi) is 7.80. The fourth-order valence-corrected chi connectivity index (χ4v) is 4.70. The summed E-state index contributed by atoms with van der Waals surface area (Å²) < 4.78 is 8.19. The molecule has 4 aromatic rings. The highest BCUT2D eigenvalue weighted by molar-refractivity contribution is 9.10. The average Bonchev–Trinajstić information content (AvgIpc) is 3.15. The molecule has 0 aliphatic heterocycles. The summed E-state index contributed by atoms with van der Waals surface area (Å²) in [6, 6.07) is 14.7. The highest BCUT2D eigenvalue weighted by Gasteiger charge is 2.30. The van der Waals surface area contributed by atoms with E-state index < -0.39 is 5.97 Å². The predicted octanol–water partition coefficient (Wildman–Crippen LogP) is 6.92. The number of carbonyl (C=O) groups is 2. The Morgan fingerprint density at radius 2 is 1.80 bits per heavy atom. The molecule has 2 heterocycles. The molecule has 0 bridgehead atoms. The van der Waals surface area contributed by atoms with Crippen molar-refractivity contribution in [3.63, 3.8) is 0 Å². The van der Waals surface area contributed by atoms with Crippen LogP contribution in [0.1, 0.15) is 73.2 Å². The molecule has 35 heavy (non-hydrogen) atoms. The van der Waals surface area contributed by atoms with Crippen LogP contribution in [0, 0.1) is 0 Å². The van der Waals surface area contributed by atoms with E-state index in [0.29, 0.717) is 28.1 Å². The second kappa shape index (κ2) is 11.0. The molecule has 8 heteroatoms. The van der Waals surface area contributed by atoms with Crippen LogP contribution in [0.15, 0.2) is 53.0 Å². The van der Waals surface area contributed by atoms with Gasteiger partial charge in [-0.3, -0.25) is 4.79 Å². The minimum atomic E-state index is -0.532. The summed E-state index contributed by atoms with van der Waals surface area (Å²) in [5, 5.41) is 3.02. The third kappa shape index (κ3) is 5.07. The van der Waals surface area contributed by atoms with Crippen molar-refractivity contribution in [2.45, 2.75) is 52.5 Å². The number of fused-ring (bicyclic) bond motifs is 2. The first-order valence-corrected chi connectivity index (χ1v) is 12.8. The smallest absolute Gasteiger partial charge is 0.344 e. The topological polar surface area (TPSA) is 86.1 Å². The Balaban J connectivity index is 1.99. The molecule has 1 N–H and O–H groups in total. The quantitative estimate of drug-likeness (QED) is 0.234. The van der Waals surface area contributed by atoms with Gasteiger partial charge >= 0.3 is 5.97 Å². The normalized spacial score (nSPS) is 12.1. The van der Waals surface area contributed by atoms with Gasteiger partial charge < -0.3 is 14.6 Å². The summed E-state index contributed by atoms with van der Waals surface area (Å²) in [6.07, 6.45) is 3.73. The number of esters is 1. The SMILES string of the molecule is CCCC[C@@H](CC)n1c(NC(=O)c2cccc(Br)c2)c(C(=O)OCC)c2nc3ccccc3nc21. The van der Waals surface area contributed by atoms with E-state index in [1.807, 2.05) is 34.9 Å². The molecule has 4 rings (SSSR count). The van der Waals surface area contributed by atoms with Gasteiger partial charge in [0.1, 0.15) is 16.9 Å². The summed E-state index contributed by atoms with van der Waals surface area (Å²) in [5.41, 5.74) is 3.11. The van der Waals surface area contributed by atoms with Gasteiger partial charge in [-0.1, -0.05) is 60.8 Å². The lowest BCUT2D eigenvalue weighted by molar-refractivity contribution is 0.0529. The van der Waals surface area contributed by atoms with Gasteiger partial charge in [-0.25, -0.2) is 14.8 Å². The van der Waals surface area contributed by atoms with Gasteiger partial charge in [0.05, 0.1) is 17.6 Å². The first-order chi connectivity index (χ1) is 17.0. The highest BCUT2D eigenvalue weighted by atomic mass is 79.9. The Morgan fingerprint density at radius 3 is 2.46 bits per heavy atom. The number of unbranched alkanes of at least 4 members (excludes halogenated alkanes) is 1. The van der Waals surface area contributed by atoms with Crippen LogP contribution in [0.2, 0.25) is 0 Å². The minimum Gasteiger partial charge on any atom is -0.462 e. The van der Waals surface area contributed by atoms with E-state index in [-0.39, 0.29) is 24.1 Å². The largest absolute Gasteiger partial charge is 0.462 e. The van der Waals surface area contributed by atoms with E-state index in [4.69, 9.17) is 14.7 Å². The fraction of sp³-hybridized carbons (Fsp3) is 0.333. The van der Waals surface area contributed by atoms with Crippen molar-refractivity contribution < 1.29 is 14.3 Å². The summed E-state index contributed by atoms with van der Waals surface area (Å²) >= 11 is 3.43. The number of amides is 1. The molecule has 0 fully saturated rings. The monoisotopic (exact) mass is 536 g/mol. The van der Waals surface area contributed by atoms with E-state index in [9.17, 15) is 9.59 Å². The van der Waals surface area contributed by atoms with E-state index in [0.717, 1.165) is 35.7 Å². The van der Waals surface area contributed by atoms with Crippen molar-refractivity contribution in [1.29, 1.82) is 0 Å². The molecular formula is C27H29BrN4O3. The van der Waals surface area contributed by atoms with Crippen molar-refractivity contribution in [1.82, 2.24) is 14.5 Å². The molecule has 182 valence electrons. The molecular weight excluding hydrogens is 508 g/mol. The van der Waals surface area contributed by atoms with E-state index in [1.54, 1.807) is 25.1 Å². The molecule has 1 amide bonds. The van der Waals surface area contributed by atoms with Gasteiger partial charge in [0.25, 0.3) is 5.91 Å². The first-order valence-electron chi connectivity index (χ1n) is 12.0. The highest BCUT2D eigenvalue weighted by Crippen LogP contribution is 2.36. The van der Waals surface area contributed by atoms with E-state index >= 15 is 0 Å². The molecule has 0 unspecified atom stereocenters. The van der Waals surface area contributed by atoms with Gasteiger partial charge in [0.15, 0.2) is 5.65 Å². The minimum absolute atomic E-state index is 0.0221. The van der Waals surface area contributed by atoms with Gasteiger partial charge in [0.2, 0.25) is 0 Å². The van der Waals surface area contributed by atoms with Crippen LogP contribution in [0.25, 0.3) is 22.2 Å². The zero-order valence-electron chi connectivity index (χ0n) is 20.2. The number of nitrogens with one attached hydrogen (secondary N) is 1. The number of carbonyl (C=O) groups excluding carboxylic acids is 2. The molecule has 0 saturated heterocycles. The molecule has 0 radical (unpaired) electrons. The van der Waals surface area contributed by atoms with Crippen LogP contribution in [0.3, 0.4) is 0 Å². The first kappa shape index (κ1) is 24.9. The van der Waals surface area contributed by atoms with Crippen molar-refractivity contribution in [2.75, 3.05) is 11.9 Å². The molecule has 2 aromatic carbocycles. The van der Waals surface area contributed by atoms with Crippen LogP contribution in [-0.2, 0) is 4.74 Å². The molecule has 0 spiro atoms. The zero-order valence-corrected chi connectivity index (χ0v) is 21.8. The van der Waals surface area contributed by atoms with Gasteiger partial charge in [0, 0.05) is 16.1 Å². The number of para-hydroxylation sites is 2. The van der Waals surface area contributed by atoms with Crippen LogP contribution in [-0.4, -0.2) is 33.0 Å². The molecule has 0 saturated carbocycles. The lowest BCUT2D eigenvalue weighted by Crippen LogP contribution is -2.20. The van der Waals surface area contributed by atoms with E-state index in [2.05, 4.69) is 35.1 Å². The Bertz CT molecular complexity index is 1380. The van der Waals surface area contributed by atoms with Crippen molar-refractivity contribution in [2.24, 2.45) is 0 Å². The second-order valence-corrected chi connectivity index (χ2v) is 9.28. The molecule has 0 aliphatic rings. The van der Waals surface area contributed by atoms with Crippen LogP contribution >= 0.6 is 15.9 Å². The number of hydrogen-bond donors (Lipinski definition) is 1. The van der Waals surface area contributed by atoms with Crippen molar-refractivity contribution in [3.05, 3.63) is 64.1 Å². The lowest BCUT2D eigenvalue weighted by Gasteiger charge is -2.21. The summed E-state index contributed by atoms with van der Waals surface area (Å²) in [6.45, 7) is 6.21. The van der Waals surface area contributed by atoms with Crippen molar-refractivity contribution in [3.8, 4) is 0 Å². The Hall–Kier alpha value is -3.26. The number of hydrogen-bond acceptors (Lipinski definition) is 5. The predicted molar refractivity (Wildman–Crippen MR) is 142 cm³/mol. The van der Waals surface area contributed by atoms with Crippen LogP contribution in [0.4, 0.5) is 5.82 Å². The third-order valence-corrected chi connectivity index (χ3v) is 6.51. The molecule has 7 nitrogen and oxygen atoms in total. The maximum atomic E-state index is 13.3. The summed E-state index contributed by atoms with van der Waals surface area (Å²) in [7, 11) is 0. The Morgan fingerprint density at radius 1 is 1.06 bits per heavy atom. The van der Waals surface area contributed by atoms with Crippen LogP contribution in [0.5, 0.6) is 0 Å². The second-order valence-electron chi connectivity index (χ2n) is 8.37. The van der Waals surface area contributed by atoms with Gasteiger partial charge in [-0.2, -0.15) is 0 Å². The third-order valence-electron chi connectivity index (χ3n) is 6.02. The maximum absolute atomic E-state index is 13.3. The number of rotatable bonds is 9. The molecule has 1 atom stereocenters. The fourth-order valence-electron chi connectivity index (χ4n) is 4.30. The average molecular weight is 537 g/mol. The van der Waals surface area contributed by atoms with Crippen molar-refractivity contribution >= 4 is 55.8 Å². The maximum Gasteiger partial charge on any atom is 0.344 e. The molecule has 2 aromatic heterocycles. The van der Waals surface area contributed by atoms with E-state index in [1.165, 1.54) is 0 Å². The number of anilines is 1. The number of ether oxygens (including phenoxy) is 1. The number of aromatic nitrogens is 3. The number of benzene rings is 2. The lowest BCUT2D eigenvalue weighted by atomic mass is 10.1. The summed E-state index contributed by atoms with van der Waals surface area (Å²) in [4.78, 5) is 36.3. The summed E-state index contributed by atoms with van der Waals surface area (Å²) in [5.74, 6) is -0.479. The van der Waals surface area contributed by atoms with Crippen LogP contribution < -0.4 is 5.32 Å². The Labute approximate surface area is 213 Å². The zero-order chi connectivity index (χ0) is 24.9. The standard InChI is InChI=1S/C27H29BrN4O3/c1-4-7-13-19(5-2)32-24(31-26(33)17-11-10-12-18(28)16-17)22(27(34)35-6-3)23-25(32)30-21-15-9-8-14-20(21)29-23/h8-12,14-16,19H,4-7,13H2,1-3H3,(H,31,33)/t19-/m1/s1. The van der Waals surface area contributed by atoms with Gasteiger partial charge in [-0.05, 0) is 50.1 Å². The number of nitrogens with zero attached hydrogens (tertiary/aromatic N) is 3. The number of halogens is 1.